The molecule has 0 bridgehead atoms. The molecular formula is C22H28N4O3. The zero-order valence-corrected chi connectivity index (χ0v) is 17.3. The van der Waals surface area contributed by atoms with Gasteiger partial charge in [0, 0.05) is 35.6 Å². The van der Waals surface area contributed by atoms with Crippen molar-refractivity contribution in [1.29, 1.82) is 0 Å². The summed E-state index contributed by atoms with van der Waals surface area (Å²) in [6.45, 7) is 7.37. The quantitative estimate of drug-likeness (QED) is 0.541. The van der Waals surface area contributed by atoms with Crippen LogP contribution in [0, 0.1) is 13.8 Å². The van der Waals surface area contributed by atoms with E-state index in [1.807, 2.05) is 32.0 Å². The summed E-state index contributed by atoms with van der Waals surface area (Å²) in [5.74, 6) is -0.355. The molecule has 0 radical (unpaired) electrons. The zero-order valence-electron chi connectivity index (χ0n) is 17.3. The first-order valence-corrected chi connectivity index (χ1v) is 9.68. The molecule has 0 heterocycles. The van der Waals surface area contributed by atoms with Crippen molar-refractivity contribution in [2.24, 2.45) is 0 Å². The molecule has 0 fully saturated rings. The van der Waals surface area contributed by atoms with E-state index in [4.69, 9.17) is 0 Å². The Kier molecular flexibility index (Phi) is 7.77. The van der Waals surface area contributed by atoms with E-state index in [0.717, 1.165) is 22.5 Å². The van der Waals surface area contributed by atoms with E-state index in [2.05, 4.69) is 21.3 Å². The van der Waals surface area contributed by atoms with Crippen molar-refractivity contribution in [3.63, 3.8) is 0 Å². The van der Waals surface area contributed by atoms with Crippen molar-refractivity contribution in [1.82, 2.24) is 0 Å². The Morgan fingerprint density at radius 3 is 1.48 bits per heavy atom. The molecule has 0 aliphatic carbocycles. The van der Waals surface area contributed by atoms with Crippen LogP contribution in [0.25, 0.3) is 0 Å². The third-order valence-electron chi connectivity index (χ3n) is 4.57. The van der Waals surface area contributed by atoms with Crippen LogP contribution in [-0.4, -0.2) is 24.3 Å². The van der Waals surface area contributed by atoms with Crippen LogP contribution in [0.1, 0.15) is 37.8 Å². The molecule has 2 aromatic carbocycles. The van der Waals surface area contributed by atoms with Gasteiger partial charge in [0.1, 0.15) is 0 Å². The smallest absolute Gasteiger partial charge is 0.243 e. The fourth-order valence-electron chi connectivity index (χ4n) is 2.72. The number of amides is 3. The lowest BCUT2D eigenvalue weighted by Gasteiger charge is -2.15. The van der Waals surface area contributed by atoms with Gasteiger partial charge in [0.05, 0.1) is 6.54 Å². The van der Waals surface area contributed by atoms with Crippen molar-refractivity contribution in [2.45, 2.75) is 40.5 Å². The Balaban J connectivity index is 2.02. The summed E-state index contributed by atoms with van der Waals surface area (Å²) in [7, 11) is 0. The van der Waals surface area contributed by atoms with Gasteiger partial charge in [-0.2, -0.15) is 0 Å². The normalized spacial score (nSPS) is 10.2. The summed E-state index contributed by atoms with van der Waals surface area (Å²) in [6.07, 6.45) is 0.785. The molecule has 0 unspecified atom stereocenters. The number of hydrogen-bond acceptors (Lipinski definition) is 4. The van der Waals surface area contributed by atoms with E-state index in [-0.39, 0.29) is 24.3 Å². The van der Waals surface area contributed by atoms with Crippen molar-refractivity contribution in [3.8, 4) is 0 Å². The molecule has 0 saturated carbocycles. The van der Waals surface area contributed by atoms with E-state index in [9.17, 15) is 14.4 Å². The van der Waals surface area contributed by atoms with Gasteiger partial charge < -0.3 is 21.3 Å². The zero-order chi connectivity index (χ0) is 21.4. The largest absolute Gasteiger partial charge is 0.376 e. The van der Waals surface area contributed by atoms with E-state index in [1.165, 1.54) is 0 Å². The van der Waals surface area contributed by atoms with Gasteiger partial charge in [-0.25, -0.2) is 0 Å². The topological polar surface area (TPSA) is 99.3 Å². The Labute approximate surface area is 171 Å². The number of hydrogen-bond donors (Lipinski definition) is 4. The van der Waals surface area contributed by atoms with Gasteiger partial charge in [-0.15, -0.1) is 0 Å². The van der Waals surface area contributed by atoms with Crippen molar-refractivity contribution < 1.29 is 14.4 Å². The summed E-state index contributed by atoms with van der Waals surface area (Å²) in [4.78, 5) is 35.7. The van der Waals surface area contributed by atoms with E-state index >= 15 is 0 Å². The molecule has 2 rings (SSSR count). The molecule has 7 heteroatoms. The minimum atomic E-state index is -0.213. The third kappa shape index (κ3) is 6.07. The maximum atomic E-state index is 12.4. The first kappa shape index (κ1) is 21.9. The number of carbonyl (C=O) groups is 3. The number of benzene rings is 2. The van der Waals surface area contributed by atoms with Crippen LogP contribution < -0.4 is 21.3 Å². The Morgan fingerprint density at radius 2 is 1.03 bits per heavy atom. The minimum absolute atomic E-state index is 0.0616. The molecule has 4 N–H and O–H groups in total. The fourth-order valence-corrected chi connectivity index (χ4v) is 2.72. The molecule has 29 heavy (non-hydrogen) atoms. The maximum absolute atomic E-state index is 12.4. The van der Waals surface area contributed by atoms with Crippen LogP contribution in [0.15, 0.2) is 36.4 Å². The monoisotopic (exact) mass is 396 g/mol. The highest BCUT2D eigenvalue weighted by molar-refractivity contribution is 5.97. The van der Waals surface area contributed by atoms with Crippen LogP contribution in [-0.2, 0) is 14.4 Å². The van der Waals surface area contributed by atoms with Gasteiger partial charge in [0.15, 0.2) is 0 Å². The minimum Gasteiger partial charge on any atom is -0.376 e. The molecule has 0 atom stereocenters. The van der Waals surface area contributed by atoms with Crippen LogP contribution in [0.4, 0.5) is 22.7 Å². The summed E-state index contributed by atoms with van der Waals surface area (Å²) < 4.78 is 0. The van der Waals surface area contributed by atoms with Gasteiger partial charge in [0.25, 0.3) is 0 Å². The molecular weight excluding hydrogens is 368 g/mol. The Morgan fingerprint density at radius 1 is 0.655 bits per heavy atom. The predicted molar refractivity (Wildman–Crippen MR) is 117 cm³/mol. The number of nitrogens with one attached hydrogen (secondary N) is 4. The summed E-state index contributed by atoms with van der Waals surface area (Å²) in [5, 5.41) is 11.6. The first-order chi connectivity index (χ1) is 13.8. The Hall–Kier alpha value is -3.35. The first-order valence-electron chi connectivity index (χ1n) is 9.68. The second kappa shape index (κ2) is 10.3. The van der Waals surface area contributed by atoms with Gasteiger partial charge in [-0.05, 0) is 49.2 Å². The van der Waals surface area contributed by atoms with Crippen LogP contribution >= 0.6 is 0 Å². The second-order valence-corrected chi connectivity index (χ2v) is 6.66. The third-order valence-corrected chi connectivity index (χ3v) is 4.57. The average Bonchev–Trinajstić information content (AvgIpc) is 2.71. The van der Waals surface area contributed by atoms with E-state index in [1.54, 1.807) is 32.0 Å². The molecule has 0 aliphatic rings. The molecule has 0 aliphatic heterocycles. The van der Waals surface area contributed by atoms with Crippen molar-refractivity contribution in [2.75, 3.05) is 27.8 Å². The molecule has 2 aromatic rings. The molecule has 0 saturated heterocycles. The number of carbonyl (C=O) groups excluding carboxylic acids is 3. The van der Waals surface area contributed by atoms with E-state index < -0.39 is 0 Å². The van der Waals surface area contributed by atoms with Crippen LogP contribution in [0.3, 0.4) is 0 Å². The van der Waals surface area contributed by atoms with Crippen molar-refractivity contribution in [3.05, 3.63) is 47.5 Å². The SMILES string of the molecule is CCC(=O)Nc1cccc(NCC(=O)Nc2cccc(NC(=O)CC)c2C)c1C. The molecule has 154 valence electrons. The van der Waals surface area contributed by atoms with E-state index in [0.29, 0.717) is 24.2 Å². The molecule has 7 nitrogen and oxygen atoms in total. The maximum Gasteiger partial charge on any atom is 0.243 e. The number of anilines is 4. The predicted octanol–water partition coefficient (Wildman–Crippen LogP) is 4.05. The number of rotatable bonds is 8. The van der Waals surface area contributed by atoms with Crippen LogP contribution in [0.5, 0.6) is 0 Å². The van der Waals surface area contributed by atoms with Crippen LogP contribution in [0.2, 0.25) is 0 Å². The summed E-state index contributed by atoms with van der Waals surface area (Å²) in [5.41, 5.74) is 4.47. The highest BCUT2D eigenvalue weighted by atomic mass is 16.2. The molecule has 0 aromatic heterocycles. The van der Waals surface area contributed by atoms with Gasteiger partial charge in [-0.3, -0.25) is 14.4 Å². The molecule has 3 amide bonds. The average molecular weight is 396 g/mol. The molecule has 0 spiro atoms. The second-order valence-electron chi connectivity index (χ2n) is 6.66. The van der Waals surface area contributed by atoms with Gasteiger partial charge in [0.2, 0.25) is 17.7 Å². The Bertz CT molecular complexity index is 909. The summed E-state index contributed by atoms with van der Waals surface area (Å²) >= 11 is 0. The lowest BCUT2D eigenvalue weighted by Crippen LogP contribution is -2.23. The lowest BCUT2D eigenvalue weighted by atomic mass is 10.1. The summed E-state index contributed by atoms with van der Waals surface area (Å²) in [6, 6.07) is 10.9. The van der Waals surface area contributed by atoms with Gasteiger partial charge >= 0.3 is 0 Å². The highest BCUT2D eigenvalue weighted by Gasteiger charge is 2.11. The standard InChI is InChI=1S/C22H28N4O3/c1-5-20(27)24-17-10-7-9-16(14(17)3)23-13-22(29)26-19-12-8-11-18(15(19)4)25-21(28)6-2/h7-12,23H,5-6,13H2,1-4H3,(H,24,27)(H,25,28)(H,26,29). The van der Waals surface area contributed by atoms with Gasteiger partial charge in [-0.1, -0.05) is 26.0 Å². The van der Waals surface area contributed by atoms with Crippen molar-refractivity contribution >= 4 is 40.5 Å². The highest BCUT2D eigenvalue weighted by Crippen LogP contribution is 2.25. The fraction of sp³-hybridized carbons (Fsp3) is 0.318. The lowest BCUT2D eigenvalue weighted by molar-refractivity contribution is -0.116.